The molecule has 1 N–H and O–H groups in total. The number of aliphatic hydroxyl groups is 1. The summed E-state index contributed by atoms with van der Waals surface area (Å²) in [5.41, 5.74) is -0.122. The minimum absolute atomic E-state index is 0.00315. The molecule has 0 spiro atoms. The Bertz CT molecular complexity index is 871. The average molecular weight is 347 g/mol. The Kier molecular flexibility index (Phi) is 4.16. The van der Waals surface area contributed by atoms with Crippen LogP contribution in [0.5, 0.6) is 0 Å². The third-order valence-corrected chi connectivity index (χ3v) is 3.99. The summed E-state index contributed by atoms with van der Waals surface area (Å²) < 4.78 is 32.2. The molecule has 1 unspecified atom stereocenters. The average Bonchev–Trinajstić information content (AvgIpc) is 3.17. The monoisotopic (exact) mass is 347 g/mol. The molecule has 1 amide bonds. The van der Waals surface area contributed by atoms with E-state index in [0.29, 0.717) is 0 Å². The summed E-state index contributed by atoms with van der Waals surface area (Å²) in [6, 6.07) is 4.95. The van der Waals surface area contributed by atoms with Gasteiger partial charge in [-0.25, -0.2) is 8.78 Å². The predicted octanol–water partition coefficient (Wildman–Crippen LogP) is 3.68. The fourth-order valence-corrected chi connectivity index (χ4v) is 2.79. The van der Waals surface area contributed by atoms with Crippen molar-refractivity contribution in [1.29, 1.82) is 0 Å². The number of anilines is 1. The lowest BCUT2D eigenvalue weighted by Gasteiger charge is -2.25. The maximum Gasteiger partial charge on any atom is 0.294 e. The molecule has 0 bridgehead atoms. The summed E-state index contributed by atoms with van der Waals surface area (Å²) in [7, 11) is 0. The zero-order chi connectivity index (χ0) is 18.3. The number of benzene rings is 1. The number of hydrogen-bond acceptors (Lipinski definition) is 4. The lowest BCUT2D eigenvalue weighted by atomic mass is 9.94. The number of ketones is 1. The number of furan rings is 1. The van der Waals surface area contributed by atoms with E-state index in [9.17, 15) is 23.5 Å². The lowest BCUT2D eigenvalue weighted by molar-refractivity contribution is -0.119. The number of nitrogens with zero attached hydrogens (tertiary/aromatic N) is 1. The summed E-state index contributed by atoms with van der Waals surface area (Å²) in [6.07, 6.45) is 1.36. The summed E-state index contributed by atoms with van der Waals surface area (Å²) in [5, 5.41) is 10.3. The number of carbonyl (C=O) groups excluding carboxylic acids is 2. The highest BCUT2D eigenvalue weighted by molar-refractivity contribution is 6.16. The number of rotatable bonds is 4. The van der Waals surface area contributed by atoms with Gasteiger partial charge in [0.2, 0.25) is 0 Å². The second kappa shape index (κ2) is 6.16. The molecule has 0 saturated carbocycles. The molecule has 1 atom stereocenters. The van der Waals surface area contributed by atoms with E-state index in [-0.39, 0.29) is 17.0 Å². The van der Waals surface area contributed by atoms with Gasteiger partial charge in [0, 0.05) is 17.7 Å². The summed E-state index contributed by atoms with van der Waals surface area (Å²) >= 11 is 0. The van der Waals surface area contributed by atoms with Crippen LogP contribution < -0.4 is 4.90 Å². The lowest BCUT2D eigenvalue weighted by Crippen LogP contribution is -2.31. The van der Waals surface area contributed by atoms with E-state index in [1.165, 1.54) is 18.4 Å². The second-order valence-electron chi connectivity index (χ2n) is 5.97. The van der Waals surface area contributed by atoms with Gasteiger partial charge in [0.15, 0.2) is 23.2 Å². The molecule has 0 radical (unpaired) electrons. The number of aliphatic hydroxyl groups excluding tert-OH is 1. The fourth-order valence-electron chi connectivity index (χ4n) is 2.79. The van der Waals surface area contributed by atoms with Gasteiger partial charge in [-0.15, -0.1) is 0 Å². The molecule has 1 aromatic carbocycles. The first-order valence-corrected chi connectivity index (χ1v) is 7.62. The molecule has 1 aromatic heterocycles. The van der Waals surface area contributed by atoms with Crippen LogP contribution in [0.25, 0.3) is 0 Å². The molecule has 0 saturated heterocycles. The van der Waals surface area contributed by atoms with E-state index in [1.807, 2.05) is 0 Å². The molecule has 1 aliphatic heterocycles. The van der Waals surface area contributed by atoms with Gasteiger partial charge < -0.3 is 9.52 Å². The molecule has 2 aromatic rings. The van der Waals surface area contributed by atoms with Crippen LogP contribution in [-0.4, -0.2) is 16.8 Å². The highest BCUT2D eigenvalue weighted by Gasteiger charge is 2.46. The summed E-state index contributed by atoms with van der Waals surface area (Å²) in [5.74, 6) is -4.50. The van der Waals surface area contributed by atoms with Crippen LogP contribution >= 0.6 is 0 Å². The summed E-state index contributed by atoms with van der Waals surface area (Å²) in [4.78, 5) is 26.1. The Labute approximate surface area is 142 Å². The maximum atomic E-state index is 13.6. The molecular formula is C18H15F2NO4. The SMILES string of the molecule is CC(C)C(=O)C1=C(O)C(=O)N(c2ccc(F)c(F)c2)C1c1ccco1. The van der Waals surface area contributed by atoms with Crippen LogP contribution in [0.1, 0.15) is 25.6 Å². The highest BCUT2D eigenvalue weighted by Crippen LogP contribution is 2.42. The quantitative estimate of drug-likeness (QED) is 0.916. The van der Waals surface area contributed by atoms with E-state index in [1.54, 1.807) is 19.9 Å². The Morgan fingerprint density at radius 2 is 1.96 bits per heavy atom. The highest BCUT2D eigenvalue weighted by atomic mass is 19.2. The van der Waals surface area contributed by atoms with Crippen LogP contribution in [0, 0.1) is 17.6 Å². The van der Waals surface area contributed by atoms with Crippen molar-refractivity contribution in [2.75, 3.05) is 4.90 Å². The molecule has 2 heterocycles. The van der Waals surface area contributed by atoms with Gasteiger partial charge in [0.05, 0.1) is 11.8 Å². The third-order valence-electron chi connectivity index (χ3n) is 3.99. The minimum Gasteiger partial charge on any atom is -0.503 e. The fraction of sp³-hybridized carbons (Fsp3) is 0.222. The van der Waals surface area contributed by atoms with E-state index >= 15 is 0 Å². The van der Waals surface area contributed by atoms with E-state index in [2.05, 4.69) is 0 Å². The smallest absolute Gasteiger partial charge is 0.294 e. The second-order valence-corrected chi connectivity index (χ2v) is 5.97. The van der Waals surface area contributed by atoms with Crippen molar-refractivity contribution >= 4 is 17.4 Å². The topological polar surface area (TPSA) is 70.8 Å². The maximum absolute atomic E-state index is 13.6. The summed E-state index contributed by atoms with van der Waals surface area (Å²) in [6.45, 7) is 3.26. The Morgan fingerprint density at radius 3 is 2.52 bits per heavy atom. The molecule has 1 aliphatic rings. The van der Waals surface area contributed by atoms with Gasteiger partial charge in [-0.1, -0.05) is 13.8 Å². The van der Waals surface area contributed by atoms with Crippen molar-refractivity contribution in [3.63, 3.8) is 0 Å². The van der Waals surface area contributed by atoms with Crippen LogP contribution in [0.15, 0.2) is 52.3 Å². The Balaban J connectivity index is 2.17. The van der Waals surface area contributed by atoms with Crippen LogP contribution in [0.4, 0.5) is 14.5 Å². The van der Waals surface area contributed by atoms with Crippen LogP contribution in [-0.2, 0) is 9.59 Å². The van der Waals surface area contributed by atoms with Crippen molar-refractivity contribution < 1.29 is 27.9 Å². The molecule has 130 valence electrons. The molecule has 0 fully saturated rings. The van der Waals surface area contributed by atoms with E-state index in [0.717, 1.165) is 17.0 Å². The first-order valence-electron chi connectivity index (χ1n) is 7.62. The van der Waals surface area contributed by atoms with Crippen LogP contribution in [0.2, 0.25) is 0 Å². The zero-order valence-electron chi connectivity index (χ0n) is 13.5. The Morgan fingerprint density at radius 1 is 1.24 bits per heavy atom. The minimum atomic E-state index is -1.15. The number of halogens is 2. The molecule has 5 nitrogen and oxygen atoms in total. The molecule has 7 heteroatoms. The molecule has 25 heavy (non-hydrogen) atoms. The number of Topliss-reactive ketones (excluding diaryl/α,β-unsaturated/α-hetero) is 1. The first-order chi connectivity index (χ1) is 11.8. The van der Waals surface area contributed by atoms with Crippen molar-refractivity contribution in [2.24, 2.45) is 5.92 Å². The van der Waals surface area contributed by atoms with Gasteiger partial charge in [-0.3, -0.25) is 14.5 Å². The zero-order valence-corrected chi connectivity index (χ0v) is 13.5. The normalized spacial score (nSPS) is 17.7. The van der Waals surface area contributed by atoms with E-state index < -0.39 is 41.0 Å². The largest absolute Gasteiger partial charge is 0.503 e. The molecule has 3 rings (SSSR count). The number of carbonyl (C=O) groups is 2. The van der Waals surface area contributed by atoms with Crippen LogP contribution in [0.3, 0.4) is 0 Å². The first kappa shape index (κ1) is 16.9. The Hall–Kier alpha value is -2.96. The van der Waals surface area contributed by atoms with Crippen molar-refractivity contribution in [3.05, 3.63) is 65.3 Å². The number of hydrogen-bond donors (Lipinski definition) is 1. The third kappa shape index (κ3) is 2.71. The van der Waals surface area contributed by atoms with Gasteiger partial charge in [-0.05, 0) is 24.3 Å². The van der Waals surface area contributed by atoms with Gasteiger partial charge in [0.1, 0.15) is 11.8 Å². The number of amides is 1. The molecule has 0 aliphatic carbocycles. The van der Waals surface area contributed by atoms with Gasteiger partial charge in [0.25, 0.3) is 5.91 Å². The van der Waals surface area contributed by atoms with Gasteiger partial charge >= 0.3 is 0 Å². The van der Waals surface area contributed by atoms with Crippen molar-refractivity contribution in [1.82, 2.24) is 0 Å². The van der Waals surface area contributed by atoms with E-state index in [4.69, 9.17) is 4.42 Å². The van der Waals surface area contributed by atoms with Crippen molar-refractivity contribution in [2.45, 2.75) is 19.9 Å². The van der Waals surface area contributed by atoms with Crippen molar-refractivity contribution in [3.8, 4) is 0 Å². The molecular weight excluding hydrogens is 332 g/mol. The standard InChI is InChI=1S/C18H15F2NO4/c1-9(2)16(22)14-15(13-4-3-7-25-13)21(18(24)17(14)23)10-5-6-11(19)12(20)8-10/h3-9,15,23H,1-2H3. The predicted molar refractivity (Wildman–Crippen MR) is 84.8 cm³/mol. The van der Waals surface area contributed by atoms with Gasteiger partial charge in [-0.2, -0.15) is 0 Å².